The van der Waals surface area contributed by atoms with E-state index in [0.717, 1.165) is 0 Å². The van der Waals surface area contributed by atoms with E-state index in [1.165, 1.54) is 7.11 Å². The molecule has 0 heterocycles. The van der Waals surface area contributed by atoms with Crippen LogP contribution in [0.4, 0.5) is 0 Å². The lowest BCUT2D eigenvalue weighted by atomic mass is 10.1. The summed E-state index contributed by atoms with van der Waals surface area (Å²) >= 11 is 5.35. The number of methoxy groups -OCH3 is 1. The van der Waals surface area contributed by atoms with Crippen molar-refractivity contribution in [2.45, 2.75) is 25.7 Å². The van der Waals surface area contributed by atoms with Gasteiger partial charge < -0.3 is 4.74 Å². The molecular formula is C8H13ClO3. The Hall–Kier alpha value is -0.570. The van der Waals surface area contributed by atoms with E-state index >= 15 is 0 Å². The molecule has 0 aromatic rings. The molecule has 0 aliphatic heterocycles. The Balaban J connectivity index is 3.30. The smallest absolute Gasteiger partial charge is 0.305 e. The first-order valence-electron chi connectivity index (χ1n) is 3.85. The molecule has 70 valence electrons. The molecule has 0 unspecified atom stereocenters. The second kappa shape index (κ2) is 7.10. The van der Waals surface area contributed by atoms with Gasteiger partial charge in [0, 0.05) is 25.1 Å². The number of alkyl halides is 1. The lowest BCUT2D eigenvalue weighted by Gasteiger charge is -1.97. The van der Waals surface area contributed by atoms with Crippen LogP contribution in [0, 0.1) is 0 Å². The summed E-state index contributed by atoms with van der Waals surface area (Å²) in [5.41, 5.74) is 0. The molecule has 0 atom stereocenters. The molecule has 0 bridgehead atoms. The fourth-order valence-corrected chi connectivity index (χ4v) is 0.973. The molecular weight excluding hydrogens is 180 g/mol. The third kappa shape index (κ3) is 6.16. The lowest BCUT2D eigenvalue weighted by molar-refractivity contribution is -0.140. The highest BCUT2D eigenvalue weighted by atomic mass is 35.5. The maximum Gasteiger partial charge on any atom is 0.305 e. The van der Waals surface area contributed by atoms with Gasteiger partial charge >= 0.3 is 5.97 Å². The molecule has 0 saturated heterocycles. The van der Waals surface area contributed by atoms with Crippen molar-refractivity contribution in [1.29, 1.82) is 0 Å². The van der Waals surface area contributed by atoms with Crippen molar-refractivity contribution in [2.75, 3.05) is 13.0 Å². The SMILES string of the molecule is COC(=O)CCCC(=O)CCCl. The van der Waals surface area contributed by atoms with Gasteiger partial charge in [0.25, 0.3) is 0 Å². The summed E-state index contributed by atoms with van der Waals surface area (Å²) in [6.45, 7) is 0. The van der Waals surface area contributed by atoms with Crippen molar-refractivity contribution < 1.29 is 14.3 Å². The minimum Gasteiger partial charge on any atom is -0.469 e. The van der Waals surface area contributed by atoms with Gasteiger partial charge in [0.15, 0.2) is 0 Å². The number of carbonyl (C=O) groups is 2. The first kappa shape index (κ1) is 11.4. The Labute approximate surface area is 77.0 Å². The van der Waals surface area contributed by atoms with Gasteiger partial charge in [0.1, 0.15) is 5.78 Å². The topological polar surface area (TPSA) is 43.4 Å². The molecule has 4 heteroatoms. The largest absolute Gasteiger partial charge is 0.469 e. The summed E-state index contributed by atoms with van der Waals surface area (Å²) in [7, 11) is 1.34. The van der Waals surface area contributed by atoms with Crippen LogP contribution in [0.15, 0.2) is 0 Å². The fourth-order valence-electron chi connectivity index (χ4n) is 0.762. The maximum atomic E-state index is 10.9. The summed E-state index contributed by atoms with van der Waals surface area (Å²) in [5, 5.41) is 0. The van der Waals surface area contributed by atoms with Gasteiger partial charge in [-0.1, -0.05) is 0 Å². The van der Waals surface area contributed by atoms with Crippen molar-refractivity contribution in [1.82, 2.24) is 0 Å². The fraction of sp³-hybridized carbons (Fsp3) is 0.750. The summed E-state index contributed by atoms with van der Waals surface area (Å²) < 4.78 is 4.42. The Morgan fingerprint density at radius 2 is 1.92 bits per heavy atom. The standard InChI is InChI=1S/C8H13ClO3/c1-12-8(11)4-2-3-7(10)5-6-9/h2-6H2,1H3. The van der Waals surface area contributed by atoms with Crippen molar-refractivity contribution in [3.05, 3.63) is 0 Å². The van der Waals surface area contributed by atoms with Crippen molar-refractivity contribution in [2.24, 2.45) is 0 Å². The highest BCUT2D eigenvalue weighted by molar-refractivity contribution is 6.19. The van der Waals surface area contributed by atoms with Crippen LogP contribution in [0.5, 0.6) is 0 Å². The molecule has 0 amide bonds. The molecule has 0 fully saturated rings. The Bertz CT molecular complexity index is 156. The van der Waals surface area contributed by atoms with Crippen LogP contribution in [0.1, 0.15) is 25.7 Å². The molecule has 0 spiro atoms. The first-order valence-corrected chi connectivity index (χ1v) is 4.38. The van der Waals surface area contributed by atoms with Crippen LogP contribution in [0.2, 0.25) is 0 Å². The Morgan fingerprint density at radius 3 is 2.42 bits per heavy atom. The van der Waals surface area contributed by atoms with Gasteiger partial charge in [-0.3, -0.25) is 9.59 Å². The van der Waals surface area contributed by atoms with Crippen molar-refractivity contribution >= 4 is 23.4 Å². The second-order valence-electron chi connectivity index (χ2n) is 2.41. The number of ketones is 1. The number of carbonyl (C=O) groups excluding carboxylic acids is 2. The van der Waals surface area contributed by atoms with Gasteiger partial charge in [-0.2, -0.15) is 0 Å². The third-order valence-electron chi connectivity index (χ3n) is 1.44. The lowest BCUT2D eigenvalue weighted by Crippen LogP contribution is -2.03. The first-order chi connectivity index (χ1) is 5.70. The average Bonchev–Trinajstić information content (AvgIpc) is 2.04. The molecule has 0 aliphatic rings. The number of Topliss-reactive ketones (excluding diaryl/α,β-unsaturated/α-hetero) is 1. The summed E-state index contributed by atoms with van der Waals surface area (Å²) in [4.78, 5) is 21.5. The normalized spacial score (nSPS) is 9.50. The summed E-state index contributed by atoms with van der Waals surface area (Å²) in [5.74, 6) is 0.194. The highest BCUT2D eigenvalue weighted by Gasteiger charge is 2.03. The van der Waals surface area contributed by atoms with Crippen molar-refractivity contribution in [3.8, 4) is 0 Å². The summed E-state index contributed by atoms with van der Waals surface area (Å²) in [6.07, 6.45) is 1.68. The monoisotopic (exact) mass is 192 g/mol. The number of hydrogen-bond acceptors (Lipinski definition) is 3. The average molecular weight is 193 g/mol. The Morgan fingerprint density at radius 1 is 1.25 bits per heavy atom. The van der Waals surface area contributed by atoms with E-state index in [1.54, 1.807) is 0 Å². The summed E-state index contributed by atoms with van der Waals surface area (Å²) in [6, 6.07) is 0. The van der Waals surface area contributed by atoms with Crippen LogP contribution in [-0.2, 0) is 14.3 Å². The van der Waals surface area contributed by atoms with Crippen LogP contribution >= 0.6 is 11.6 Å². The quantitative estimate of drug-likeness (QED) is 0.474. The number of hydrogen-bond donors (Lipinski definition) is 0. The number of halogens is 1. The van der Waals surface area contributed by atoms with Crippen LogP contribution in [0.25, 0.3) is 0 Å². The van der Waals surface area contributed by atoms with Gasteiger partial charge in [-0.05, 0) is 6.42 Å². The third-order valence-corrected chi connectivity index (χ3v) is 1.63. The molecule has 0 N–H and O–H groups in total. The van der Waals surface area contributed by atoms with Gasteiger partial charge in [-0.25, -0.2) is 0 Å². The Kier molecular flexibility index (Phi) is 6.76. The van der Waals surface area contributed by atoms with E-state index in [0.29, 0.717) is 31.6 Å². The molecule has 0 rings (SSSR count). The van der Waals surface area contributed by atoms with E-state index in [9.17, 15) is 9.59 Å². The number of esters is 1. The molecule has 0 aromatic heterocycles. The molecule has 0 aromatic carbocycles. The van der Waals surface area contributed by atoms with Gasteiger partial charge in [0.2, 0.25) is 0 Å². The van der Waals surface area contributed by atoms with Gasteiger partial charge in [-0.15, -0.1) is 11.6 Å². The number of rotatable bonds is 6. The van der Waals surface area contributed by atoms with E-state index in [1.807, 2.05) is 0 Å². The zero-order chi connectivity index (χ0) is 9.40. The highest BCUT2D eigenvalue weighted by Crippen LogP contribution is 2.01. The molecule has 3 nitrogen and oxygen atoms in total. The minimum atomic E-state index is -0.270. The van der Waals surface area contributed by atoms with E-state index in [-0.39, 0.29) is 11.8 Å². The van der Waals surface area contributed by atoms with E-state index in [2.05, 4.69) is 4.74 Å². The predicted molar refractivity (Wildman–Crippen MR) is 46.2 cm³/mol. The predicted octanol–water partition coefficient (Wildman–Crippen LogP) is 1.53. The number of ether oxygens (including phenoxy) is 1. The molecule has 0 saturated carbocycles. The second-order valence-corrected chi connectivity index (χ2v) is 2.79. The maximum absolute atomic E-state index is 10.9. The minimum absolute atomic E-state index is 0.105. The van der Waals surface area contributed by atoms with Crippen LogP contribution in [0.3, 0.4) is 0 Å². The molecule has 12 heavy (non-hydrogen) atoms. The van der Waals surface area contributed by atoms with E-state index in [4.69, 9.17) is 11.6 Å². The van der Waals surface area contributed by atoms with E-state index < -0.39 is 0 Å². The zero-order valence-electron chi connectivity index (χ0n) is 7.14. The zero-order valence-corrected chi connectivity index (χ0v) is 7.89. The molecule has 0 radical (unpaired) electrons. The molecule has 0 aliphatic carbocycles. The van der Waals surface area contributed by atoms with Crippen molar-refractivity contribution in [3.63, 3.8) is 0 Å². The van der Waals surface area contributed by atoms with Crippen LogP contribution < -0.4 is 0 Å². The van der Waals surface area contributed by atoms with Crippen LogP contribution in [-0.4, -0.2) is 24.7 Å². The van der Waals surface area contributed by atoms with Gasteiger partial charge in [0.05, 0.1) is 7.11 Å².